The monoisotopic (exact) mass is 1550 g/mol. The van der Waals surface area contributed by atoms with Gasteiger partial charge in [0, 0.05) is 142 Å². The Labute approximate surface area is 678 Å². The number of pyridine rings is 2. The molecular weight excluding hydrogens is 1450 g/mol. The van der Waals surface area contributed by atoms with Gasteiger partial charge in [-0.25, -0.2) is 9.59 Å². The highest BCUT2D eigenvalue weighted by Gasteiger charge is 2.41. The lowest BCUT2D eigenvalue weighted by Gasteiger charge is -2.33. The zero-order chi connectivity index (χ0) is 81.9. The van der Waals surface area contributed by atoms with Gasteiger partial charge in [0.2, 0.25) is 22.1 Å². The van der Waals surface area contributed by atoms with Crippen molar-refractivity contribution in [2.45, 2.75) is 89.4 Å². The zero-order valence-electron chi connectivity index (χ0n) is 67.5. The van der Waals surface area contributed by atoms with E-state index in [4.69, 9.17) is 14.2 Å². The molecule has 5 atom stereocenters. The van der Waals surface area contributed by atoms with Gasteiger partial charge in [-0.15, -0.1) is 0 Å². The molecule has 116 heavy (non-hydrogen) atoms. The minimum Gasteiger partial charge on any atom is -0.445 e. The minimum atomic E-state index is -1.76. The summed E-state index contributed by atoms with van der Waals surface area (Å²) < 4.78 is 23.1. The number of carbonyl (C=O) groups excluding carboxylic acids is 6. The predicted octanol–water partition coefficient (Wildman–Crippen LogP) is 18.0. The van der Waals surface area contributed by atoms with E-state index in [9.17, 15) is 24.6 Å². The van der Waals surface area contributed by atoms with E-state index in [-0.39, 0.29) is 36.1 Å². The maximum atomic E-state index is 16.0. The molecule has 2 N–H and O–H groups in total. The number of benzene rings is 10. The Morgan fingerprint density at radius 2 is 1.04 bits per heavy atom. The SMILES string of the molecule is CCC[C@H](O)CCC=C[C@H]1[C@H](O)CC(=O)[C@@H]1CC=CCCCC(=O)OC(C=CC=C(c1ccc(C)cc1)c1ccc(N(C)C)c(C(=O)c2ccc3c(C(=O)Oc4ccccc4)c4ccccc4[n+](C)c3c2)c1)(c1ccc(N(C)C)cc1)c1ccc(N(C)C)c(C(=O)c2ccc3c(C(=O)Oc4ccccc4)c4ccccc4[n+](C)c3c2)c1. The lowest BCUT2D eigenvalue weighted by atomic mass is 9.83. The smallest absolute Gasteiger partial charge is 0.345 e. The third-order valence-corrected chi connectivity index (χ3v) is 22.1. The second kappa shape index (κ2) is 36.2. The first-order valence-electron chi connectivity index (χ1n) is 39.7. The van der Waals surface area contributed by atoms with Crippen molar-refractivity contribution in [3.8, 4) is 11.5 Å². The molecule has 1 fully saturated rings. The molecule has 1 aliphatic rings. The van der Waals surface area contributed by atoms with Crippen LogP contribution in [0, 0.1) is 18.8 Å². The molecule has 1 unspecified atom stereocenters. The van der Waals surface area contributed by atoms with Crippen LogP contribution in [-0.2, 0) is 34.0 Å². The van der Waals surface area contributed by atoms with Crippen LogP contribution in [0.5, 0.6) is 11.5 Å². The normalized spacial score (nSPS) is 15.2. The van der Waals surface area contributed by atoms with Crippen LogP contribution >= 0.6 is 0 Å². The summed E-state index contributed by atoms with van der Waals surface area (Å²) in [5.74, 6) is -2.18. The van der Waals surface area contributed by atoms with Crippen LogP contribution in [-0.4, -0.2) is 100.0 Å². The number of aliphatic hydroxyl groups excluding tert-OH is 2. The summed E-state index contributed by atoms with van der Waals surface area (Å²) in [6.45, 7) is 4.06. The highest BCUT2D eigenvalue weighted by atomic mass is 16.6. The molecule has 0 amide bonds. The lowest BCUT2D eigenvalue weighted by molar-refractivity contribution is -0.617. The van der Waals surface area contributed by atoms with Gasteiger partial charge in [0.05, 0.1) is 44.9 Å². The van der Waals surface area contributed by atoms with Crippen molar-refractivity contribution in [3.63, 3.8) is 0 Å². The molecule has 588 valence electrons. The molecule has 1 saturated carbocycles. The Hall–Kier alpha value is -12.8. The van der Waals surface area contributed by atoms with E-state index < -0.39 is 41.6 Å². The molecule has 16 heteroatoms. The van der Waals surface area contributed by atoms with Crippen LogP contribution in [0.1, 0.15) is 145 Å². The van der Waals surface area contributed by atoms with Crippen LogP contribution in [0.25, 0.3) is 49.2 Å². The molecule has 0 bridgehead atoms. The second-order valence-electron chi connectivity index (χ2n) is 30.6. The molecule has 2 heterocycles. The molecule has 12 aromatic rings. The summed E-state index contributed by atoms with van der Waals surface area (Å²) in [5, 5.41) is 23.9. The van der Waals surface area contributed by atoms with Gasteiger partial charge in [0.25, 0.3) is 0 Å². The maximum absolute atomic E-state index is 16.0. The minimum absolute atomic E-state index is 0.000259. The molecule has 13 rings (SSSR count). The van der Waals surface area contributed by atoms with Crippen molar-refractivity contribution >= 4 is 102 Å². The van der Waals surface area contributed by atoms with Crippen LogP contribution < -0.4 is 33.3 Å². The molecule has 0 saturated heterocycles. The van der Waals surface area contributed by atoms with Gasteiger partial charge in [-0.05, 0) is 165 Å². The number of nitrogens with zero attached hydrogens (tertiary/aromatic N) is 5. The largest absolute Gasteiger partial charge is 0.445 e. The predicted molar refractivity (Wildman–Crippen MR) is 461 cm³/mol. The summed E-state index contributed by atoms with van der Waals surface area (Å²) in [5.41, 5.74) is 9.57. The number of carbonyl (C=O) groups is 6. The number of ether oxygens (including phenoxy) is 3. The number of anilines is 3. The van der Waals surface area contributed by atoms with Crippen LogP contribution in [0.15, 0.2) is 273 Å². The van der Waals surface area contributed by atoms with Gasteiger partial charge >= 0.3 is 17.9 Å². The first kappa shape index (κ1) is 81.3. The first-order valence-corrected chi connectivity index (χ1v) is 39.7. The Kier molecular flexibility index (Phi) is 25.3. The van der Waals surface area contributed by atoms with Gasteiger partial charge in [-0.3, -0.25) is 19.2 Å². The fourth-order valence-corrected chi connectivity index (χ4v) is 15.9. The number of Topliss-reactive ketones (excluding diaryl/α,β-unsaturated/α-hetero) is 1. The fraction of sp³-hybridized carbons (Fsp3) is 0.240. The van der Waals surface area contributed by atoms with Gasteiger partial charge in [-0.2, -0.15) is 9.13 Å². The van der Waals surface area contributed by atoms with Crippen molar-refractivity contribution in [1.29, 1.82) is 0 Å². The molecule has 2 aromatic heterocycles. The Balaban J connectivity index is 0.919. The van der Waals surface area contributed by atoms with Gasteiger partial charge < -0.3 is 39.1 Å². The average Bonchev–Trinajstić information content (AvgIpc) is 0.912. The van der Waals surface area contributed by atoms with Crippen LogP contribution in [0.4, 0.5) is 17.1 Å². The van der Waals surface area contributed by atoms with Crippen molar-refractivity contribution < 1.29 is 62.3 Å². The number of hydrogen-bond acceptors (Lipinski definition) is 14. The second-order valence-corrected chi connectivity index (χ2v) is 30.6. The summed E-state index contributed by atoms with van der Waals surface area (Å²) in [6.07, 6.45) is 16.5. The molecule has 16 nitrogen and oxygen atoms in total. The van der Waals surface area contributed by atoms with Crippen molar-refractivity contribution in [1.82, 2.24) is 0 Å². The number of unbranched alkanes of at least 4 members (excludes halogenated alkanes) is 1. The first-order chi connectivity index (χ1) is 56.0. The fourth-order valence-electron chi connectivity index (χ4n) is 15.9. The molecule has 0 aliphatic heterocycles. The topological polar surface area (TPSA) is 188 Å². The quantitative estimate of drug-likeness (QED) is 0.00632. The summed E-state index contributed by atoms with van der Waals surface area (Å²) >= 11 is 0. The Morgan fingerprint density at radius 3 is 1.59 bits per heavy atom. The lowest BCUT2D eigenvalue weighted by Crippen LogP contribution is -2.33. The number of fused-ring (bicyclic) bond motifs is 4. The third kappa shape index (κ3) is 17.6. The van der Waals surface area contributed by atoms with E-state index >= 15 is 14.4 Å². The van der Waals surface area contributed by atoms with Crippen LogP contribution in [0.2, 0.25) is 0 Å². The number of hydrogen-bond donors (Lipinski definition) is 2. The molecule has 10 aromatic carbocycles. The number of esters is 3. The van der Waals surface area contributed by atoms with Crippen molar-refractivity contribution in [2.75, 3.05) is 57.0 Å². The third-order valence-electron chi connectivity index (χ3n) is 22.1. The number of ketones is 3. The van der Waals surface area contributed by atoms with Gasteiger partial charge in [0.15, 0.2) is 17.2 Å². The number of aromatic nitrogens is 2. The number of aryl methyl sites for hydroxylation is 3. The maximum Gasteiger partial charge on any atom is 0.345 e. The van der Waals surface area contributed by atoms with Crippen molar-refractivity contribution in [2.24, 2.45) is 25.9 Å². The van der Waals surface area contributed by atoms with Crippen molar-refractivity contribution in [3.05, 3.63) is 334 Å². The highest BCUT2D eigenvalue weighted by Crippen LogP contribution is 2.42. The van der Waals surface area contributed by atoms with Gasteiger partial charge in [0.1, 0.15) is 31.4 Å². The summed E-state index contributed by atoms with van der Waals surface area (Å²) in [4.78, 5) is 94.9. The van der Waals surface area contributed by atoms with Gasteiger partial charge in [-0.1, -0.05) is 165 Å². The van der Waals surface area contributed by atoms with Crippen LogP contribution in [0.3, 0.4) is 0 Å². The molecule has 0 spiro atoms. The number of rotatable bonds is 30. The standard InChI is InChI=1S/C100H99N5O11/c1-11-29-73(106)30-22-23-36-78-77(91(107)64-92(78)108)35-20-12-13-21-42-93(109)116-100(70-50-53-72(54-51-70)101(3)4,71-52-58-86(103(7)8)84(63-71)97(111)69-48-56-82-90(62-69)105(10)88-41-27-25-38-80(88)95(82)99(113)115-75-33-18-15-19-34-75)59-28-39-76(66-45-43-65(2)44-46-66)67-49-57-85(102(5)6)83(60-67)96(110)68-47-55-81-89(61-68)104(9)87-40-26-24-37-79(87)94(81)98(112)114-74-31-16-14-17-32-74/h12,14-20,23-28,31-34,36-41,43-63,73,77-78,92,106,108H,11,13,21-22,29-30,35,42,64H2,1-10H3/q+2/t73-,77+,78+,92+,100?/m0/s1. The number of para-hydroxylation sites is 4. The summed E-state index contributed by atoms with van der Waals surface area (Å²) in [6, 6.07) is 71.1. The summed E-state index contributed by atoms with van der Waals surface area (Å²) in [7, 11) is 15.2. The number of aliphatic hydroxyl groups is 2. The average molecular weight is 1550 g/mol. The Morgan fingerprint density at radius 1 is 0.534 bits per heavy atom. The van der Waals surface area contributed by atoms with E-state index in [0.29, 0.717) is 138 Å². The van der Waals surface area contributed by atoms with E-state index in [1.807, 2.05) is 300 Å². The van der Waals surface area contributed by atoms with E-state index in [1.165, 1.54) is 0 Å². The molecule has 1 aliphatic carbocycles. The Bertz CT molecular complexity index is 5830. The zero-order valence-corrected chi connectivity index (χ0v) is 67.5. The van der Waals surface area contributed by atoms with E-state index in [0.717, 1.165) is 46.3 Å². The number of allylic oxidation sites excluding steroid dienone is 5. The molecule has 0 radical (unpaired) electrons. The highest BCUT2D eigenvalue weighted by molar-refractivity contribution is 6.19. The molecular formula is C100H99N5O11+2. The van der Waals surface area contributed by atoms with E-state index in [1.54, 1.807) is 66.7 Å². The van der Waals surface area contributed by atoms with E-state index in [2.05, 4.69) is 0 Å².